The molecule has 0 aromatic heterocycles. The number of Topliss-reactive ketones (excluding diaryl/α,β-unsaturated/α-hetero) is 1. The van der Waals surface area contributed by atoms with Crippen molar-refractivity contribution in [2.24, 2.45) is 0 Å². The number of carbonyl (C=O) groups excluding carboxylic acids is 2. The van der Waals surface area contributed by atoms with Crippen molar-refractivity contribution in [2.45, 2.75) is 53.5 Å². The molecule has 6 heteroatoms. The van der Waals surface area contributed by atoms with Crippen LogP contribution in [0.4, 0.5) is 0 Å². The number of ketones is 1. The molecule has 35 heavy (non-hydrogen) atoms. The van der Waals surface area contributed by atoms with Crippen molar-refractivity contribution in [1.82, 2.24) is 9.80 Å². The molecule has 3 rings (SSSR count). The number of nitrogens with zero attached hydrogens (tertiary/aromatic N) is 2. The van der Waals surface area contributed by atoms with Gasteiger partial charge in [-0.25, -0.2) is 0 Å². The lowest BCUT2D eigenvalue weighted by atomic mass is 9.90. The Balaban J connectivity index is 2.21. The summed E-state index contributed by atoms with van der Waals surface area (Å²) in [5.74, 6) is -0.451. The van der Waals surface area contributed by atoms with E-state index in [0.29, 0.717) is 18.7 Å². The zero-order valence-electron chi connectivity index (χ0n) is 22.0. The van der Waals surface area contributed by atoms with E-state index in [1.807, 2.05) is 50.2 Å². The first-order chi connectivity index (χ1) is 16.7. The highest BCUT2D eigenvalue weighted by Crippen LogP contribution is 2.42. The fraction of sp³-hybridized carbons (Fsp3) is 0.448. The number of amides is 1. The number of likely N-dealkylation sites (N-methyl/N-ethyl adjacent to an activating group) is 1. The molecule has 1 saturated heterocycles. The lowest BCUT2D eigenvalue weighted by Gasteiger charge is -2.29. The predicted molar refractivity (Wildman–Crippen MR) is 140 cm³/mol. The molecule has 1 unspecified atom stereocenters. The zero-order chi connectivity index (χ0) is 25.9. The van der Waals surface area contributed by atoms with E-state index in [-0.39, 0.29) is 17.3 Å². The number of ether oxygens (including phenoxy) is 1. The average molecular weight is 479 g/mol. The Hall–Kier alpha value is -3.12. The molecule has 1 heterocycles. The topological polar surface area (TPSA) is 70.1 Å². The number of carbonyl (C=O) groups is 2. The van der Waals surface area contributed by atoms with Crippen LogP contribution in [0.5, 0.6) is 5.75 Å². The maximum absolute atomic E-state index is 13.4. The van der Waals surface area contributed by atoms with Crippen LogP contribution >= 0.6 is 0 Å². The van der Waals surface area contributed by atoms with Gasteiger partial charge in [0.2, 0.25) is 0 Å². The molecular formula is C29H38N2O4. The van der Waals surface area contributed by atoms with E-state index < -0.39 is 17.7 Å². The summed E-state index contributed by atoms with van der Waals surface area (Å²) in [4.78, 5) is 30.5. The smallest absolute Gasteiger partial charge is 0.295 e. The number of hydrogen-bond donors (Lipinski definition) is 1. The third-order valence-corrected chi connectivity index (χ3v) is 7.03. The van der Waals surface area contributed by atoms with Gasteiger partial charge >= 0.3 is 0 Å². The Bertz CT molecular complexity index is 1130. The monoisotopic (exact) mass is 478 g/mol. The lowest BCUT2D eigenvalue weighted by Crippen LogP contribution is -2.38. The second-order valence-electron chi connectivity index (χ2n) is 9.44. The normalized spacial score (nSPS) is 17.6. The summed E-state index contributed by atoms with van der Waals surface area (Å²) in [6.45, 7) is 14.9. The van der Waals surface area contributed by atoms with Gasteiger partial charge in [-0.1, -0.05) is 52.0 Å². The van der Waals surface area contributed by atoms with Gasteiger partial charge in [-0.3, -0.25) is 9.59 Å². The van der Waals surface area contributed by atoms with E-state index in [9.17, 15) is 14.7 Å². The van der Waals surface area contributed by atoms with Crippen LogP contribution in [0, 0.1) is 13.8 Å². The Morgan fingerprint density at radius 2 is 1.74 bits per heavy atom. The van der Waals surface area contributed by atoms with Crippen LogP contribution in [0.25, 0.3) is 5.76 Å². The summed E-state index contributed by atoms with van der Waals surface area (Å²) in [5.41, 5.74) is 4.22. The second kappa shape index (κ2) is 11.1. The molecule has 1 aliphatic rings. The summed E-state index contributed by atoms with van der Waals surface area (Å²) in [5, 5.41) is 11.6. The molecule has 0 bridgehead atoms. The van der Waals surface area contributed by atoms with E-state index in [1.165, 1.54) is 0 Å². The van der Waals surface area contributed by atoms with Gasteiger partial charge in [0.05, 0.1) is 18.7 Å². The first-order valence-corrected chi connectivity index (χ1v) is 12.4. The van der Waals surface area contributed by atoms with E-state index in [2.05, 4.69) is 32.6 Å². The molecule has 0 aliphatic carbocycles. The Morgan fingerprint density at radius 3 is 2.31 bits per heavy atom. The number of methoxy groups -OCH3 is 1. The van der Waals surface area contributed by atoms with E-state index in [1.54, 1.807) is 12.0 Å². The van der Waals surface area contributed by atoms with Crippen LogP contribution < -0.4 is 4.74 Å². The van der Waals surface area contributed by atoms with E-state index in [0.717, 1.165) is 41.1 Å². The number of aliphatic hydroxyl groups is 1. The minimum Gasteiger partial charge on any atom is -0.507 e. The van der Waals surface area contributed by atoms with Crippen molar-refractivity contribution < 1.29 is 19.4 Å². The van der Waals surface area contributed by atoms with Crippen LogP contribution in [0.2, 0.25) is 0 Å². The fourth-order valence-electron chi connectivity index (χ4n) is 4.84. The minimum absolute atomic E-state index is 0.135. The highest BCUT2D eigenvalue weighted by molar-refractivity contribution is 6.46. The fourth-order valence-corrected chi connectivity index (χ4v) is 4.84. The number of aryl methyl sites for hydroxylation is 2. The third kappa shape index (κ3) is 5.13. The number of benzene rings is 2. The van der Waals surface area contributed by atoms with Gasteiger partial charge in [0.25, 0.3) is 11.7 Å². The van der Waals surface area contributed by atoms with Gasteiger partial charge in [-0.05, 0) is 67.2 Å². The zero-order valence-corrected chi connectivity index (χ0v) is 22.0. The summed E-state index contributed by atoms with van der Waals surface area (Å²) < 4.78 is 5.55. The molecule has 2 aromatic carbocycles. The second-order valence-corrected chi connectivity index (χ2v) is 9.44. The average Bonchev–Trinajstić information content (AvgIpc) is 3.09. The van der Waals surface area contributed by atoms with Crippen LogP contribution in [0.3, 0.4) is 0 Å². The summed E-state index contributed by atoms with van der Waals surface area (Å²) in [7, 11) is 1.62. The standard InChI is InChI=1S/C29H38N2O4/c1-8-30(9-2)14-15-31-26(21-13-11-10-12-19(21)5)25(28(33)29(31)34)27(32)23-17-22(18(3)4)24(35-7)16-20(23)6/h10-13,16-18,26,32H,8-9,14-15H2,1-7H3/b27-25+. The molecule has 1 atom stereocenters. The first-order valence-electron chi connectivity index (χ1n) is 12.4. The molecule has 0 saturated carbocycles. The minimum atomic E-state index is -0.643. The Labute approximate surface area is 209 Å². The van der Waals surface area contributed by atoms with Crippen molar-refractivity contribution in [1.29, 1.82) is 0 Å². The van der Waals surface area contributed by atoms with Crippen molar-refractivity contribution in [3.63, 3.8) is 0 Å². The van der Waals surface area contributed by atoms with Crippen molar-refractivity contribution in [3.05, 3.63) is 69.8 Å². The summed E-state index contributed by atoms with van der Waals surface area (Å²) in [6, 6.07) is 10.9. The molecule has 188 valence electrons. The highest BCUT2D eigenvalue weighted by Gasteiger charge is 2.46. The van der Waals surface area contributed by atoms with Crippen LogP contribution in [-0.4, -0.2) is 59.9 Å². The lowest BCUT2D eigenvalue weighted by molar-refractivity contribution is -0.140. The van der Waals surface area contributed by atoms with Gasteiger partial charge in [0, 0.05) is 18.7 Å². The van der Waals surface area contributed by atoms with Gasteiger partial charge in [0.1, 0.15) is 11.5 Å². The van der Waals surface area contributed by atoms with Crippen LogP contribution in [0.15, 0.2) is 42.0 Å². The molecule has 0 radical (unpaired) electrons. The van der Waals surface area contributed by atoms with Gasteiger partial charge < -0.3 is 19.6 Å². The molecule has 1 amide bonds. The predicted octanol–water partition coefficient (Wildman–Crippen LogP) is 5.20. The largest absolute Gasteiger partial charge is 0.507 e. The molecule has 2 aromatic rings. The quantitative estimate of drug-likeness (QED) is 0.305. The maximum Gasteiger partial charge on any atom is 0.295 e. The number of hydrogen-bond acceptors (Lipinski definition) is 5. The third-order valence-electron chi connectivity index (χ3n) is 7.03. The molecule has 1 fully saturated rings. The molecule has 1 N–H and O–H groups in total. The molecule has 6 nitrogen and oxygen atoms in total. The molecule has 1 aliphatic heterocycles. The van der Waals surface area contributed by atoms with Crippen molar-refractivity contribution in [3.8, 4) is 5.75 Å². The van der Waals surface area contributed by atoms with Gasteiger partial charge in [-0.15, -0.1) is 0 Å². The van der Waals surface area contributed by atoms with Crippen LogP contribution in [0.1, 0.15) is 67.5 Å². The highest BCUT2D eigenvalue weighted by atomic mass is 16.5. The number of likely N-dealkylation sites (tertiary alicyclic amines) is 1. The molecular weight excluding hydrogens is 440 g/mol. The first kappa shape index (κ1) is 26.5. The van der Waals surface area contributed by atoms with Crippen LogP contribution in [-0.2, 0) is 9.59 Å². The Kier molecular flexibility index (Phi) is 8.39. The van der Waals surface area contributed by atoms with Gasteiger partial charge in [0.15, 0.2) is 0 Å². The summed E-state index contributed by atoms with van der Waals surface area (Å²) in [6.07, 6.45) is 0. The molecule has 0 spiro atoms. The van der Waals surface area contributed by atoms with Crippen molar-refractivity contribution >= 4 is 17.4 Å². The van der Waals surface area contributed by atoms with Gasteiger partial charge in [-0.2, -0.15) is 0 Å². The Morgan fingerprint density at radius 1 is 1.09 bits per heavy atom. The van der Waals surface area contributed by atoms with Crippen molar-refractivity contribution in [2.75, 3.05) is 33.3 Å². The van der Waals surface area contributed by atoms with E-state index >= 15 is 0 Å². The van der Waals surface area contributed by atoms with E-state index in [4.69, 9.17) is 4.74 Å². The SMILES string of the molecule is CCN(CC)CCN1C(=O)C(=O)/C(=C(/O)c2cc(C(C)C)c(OC)cc2C)C1c1ccccc1C. The maximum atomic E-state index is 13.4. The number of aliphatic hydroxyl groups excluding tert-OH is 1. The number of rotatable bonds is 9. The summed E-state index contributed by atoms with van der Waals surface area (Å²) >= 11 is 0.